The van der Waals surface area contributed by atoms with Crippen molar-refractivity contribution in [2.45, 2.75) is 32.1 Å². The minimum atomic E-state index is -0.0671. The third-order valence-corrected chi connectivity index (χ3v) is 5.43. The number of hydrogen-bond acceptors (Lipinski definition) is 3. The Labute approximate surface area is 139 Å². The number of hydrogen-bond donors (Lipinski definition) is 2. The van der Waals surface area contributed by atoms with Crippen molar-refractivity contribution in [2.75, 3.05) is 22.6 Å². The normalized spacial score (nSPS) is 15.3. The smallest absolute Gasteiger partial charge is 0.225 e. The van der Waals surface area contributed by atoms with Crippen molar-refractivity contribution in [3.8, 4) is 0 Å². The van der Waals surface area contributed by atoms with Gasteiger partial charge in [0, 0.05) is 17.9 Å². The third kappa shape index (κ3) is 5.28. The highest BCUT2D eigenvalue weighted by Gasteiger charge is 2.15. The van der Waals surface area contributed by atoms with Gasteiger partial charge in [0.05, 0.1) is 15.7 Å². The van der Waals surface area contributed by atoms with Gasteiger partial charge in [-0.3, -0.25) is 4.79 Å². The summed E-state index contributed by atoms with van der Waals surface area (Å²) in [5.41, 5.74) is 6.56. The van der Waals surface area contributed by atoms with Crippen molar-refractivity contribution >= 4 is 52.2 Å². The van der Waals surface area contributed by atoms with Crippen LogP contribution in [0.3, 0.4) is 0 Å². The Balaban J connectivity index is 1.74. The van der Waals surface area contributed by atoms with E-state index in [0.29, 0.717) is 27.8 Å². The lowest BCUT2D eigenvalue weighted by molar-refractivity contribution is -0.115. The molecule has 0 bridgehead atoms. The molecule has 0 atom stereocenters. The van der Waals surface area contributed by atoms with Crippen LogP contribution in [0.1, 0.15) is 32.1 Å². The zero-order valence-electron chi connectivity index (χ0n) is 11.8. The molecule has 0 spiro atoms. The number of carbonyl (C=O) groups excluding carboxylic acids is 1. The molecule has 1 aromatic carbocycles. The van der Waals surface area contributed by atoms with Crippen LogP contribution in [0, 0.1) is 5.92 Å². The van der Waals surface area contributed by atoms with E-state index < -0.39 is 0 Å². The average molecular weight is 347 g/mol. The molecular formula is C15H20Cl2N2OS. The molecular weight excluding hydrogens is 327 g/mol. The lowest BCUT2D eigenvalue weighted by atomic mass is 10.1. The number of thioether (sulfide) groups is 1. The summed E-state index contributed by atoms with van der Waals surface area (Å²) < 4.78 is 0. The monoisotopic (exact) mass is 346 g/mol. The summed E-state index contributed by atoms with van der Waals surface area (Å²) >= 11 is 13.9. The number of halogens is 2. The largest absolute Gasteiger partial charge is 0.399 e. The number of amides is 1. The van der Waals surface area contributed by atoms with Crippen LogP contribution in [0.5, 0.6) is 0 Å². The van der Waals surface area contributed by atoms with Crippen molar-refractivity contribution in [3.05, 3.63) is 22.2 Å². The highest BCUT2D eigenvalue weighted by atomic mass is 35.5. The molecule has 21 heavy (non-hydrogen) atoms. The standard InChI is InChI=1S/C15H20Cl2N2OS/c16-12-7-11(18)8-13(17)15(12)19-14(20)5-6-21-9-10-3-1-2-4-10/h7-8,10H,1-6,9,18H2,(H,19,20). The van der Waals surface area contributed by atoms with Crippen molar-refractivity contribution < 1.29 is 4.79 Å². The minimum Gasteiger partial charge on any atom is -0.399 e. The fraction of sp³-hybridized carbons (Fsp3) is 0.533. The van der Waals surface area contributed by atoms with Gasteiger partial charge in [-0.25, -0.2) is 0 Å². The Morgan fingerprint density at radius 3 is 2.52 bits per heavy atom. The van der Waals surface area contributed by atoms with Gasteiger partial charge in [-0.1, -0.05) is 36.0 Å². The molecule has 1 aliphatic rings. The number of anilines is 2. The van der Waals surface area contributed by atoms with E-state index in [9.17, 15) is 4.79 Å². The predicted molar refractivity (Wildman–Crippen MR) is 93.4 cm³/mol. The fourth-order valence-electron chi connectivity index (χ4n) is 2.51. The molecule has 1 saturated carbocycles. The summed E-state index contributed by atoms with van der Waals surface area (Å²) in [5, 5.41) is 3.50. The third-order valence-electron chi connectivity index (χ3n) is 3.63. The SMILES string of the molecule is Nc1cc(Cl)c(NC(=O)CCSCC2CCCC2)c(Cl)c1. The molecule has 116 valence electrons. The first kappa shape index (κ1) is 16.8. The second-order valence-corrected chi connectivity index (χ2v) is 7.35. The summed E-state index contributed by atoms with van der Waals surface area (Å²) in [5.74, 6) is 2.77. The molecule has 0 radical (unpaired) electrons. The first-order valence-electron chi connectivity index (χ1n) is 7.18. The van der Waals surface area contributed by atoms with Gasteiger partial charge in [0.2, 0.25) is 5.91 Å². The molecule has 0 aliphatic heterocycles. The van der Waals surface area contributed by atoms with Crippen LogP contribution >= 0.6 is 35.0 Å². The summed E-state index contributed by atoms with van der Waals surface area (Å²) in [6, 6.07) is 3.16. The quantitative estimate of drug-likeness (QED) is 0.573. The van der Waals surface area contributed by atoms with E-state index >= 15 is 0 Å². The Bertz CT molecular complexity index is 481. The van der Waals surface area contributed by atoms with Crippen LogP contribution in [0.15, 0.2) is 12.1 Å². The van der Waals surface area contributed by atoms with Gasteiger partial charge in [0.25, 0.3) is 0 Å². The molecule has 1 aliphatic carbocycles. The second-order valence-electron chi connectivity index (χ2n) is 5.38. The van der Waals surface area contributed by atoms with Gasteiger partial charge in [0.1, 0.15) is 0 Å². The van der Waals surface area contributed by atoms with Crippen LogP contribution in [0.2, 0.25) is 10.0 Å². The molecule has 0 heterocycles. The number of nitrogen functional groups attached to an aromatic ring is 1. The predicted octanol–water partition coefficient (Wildman–Crippen LogP) is 4.83. The van der Waals surface area contributed by atoms with Gasteiger partial charge in [-0.15, -0.1) is 0 Å². The van der Waals surface area contributed by atoms with Crippen LogP contribution in [-0.4, -0.2) is 17.4 Å². The molecule has 1 amide bonds. The Morgan fingerprint density at radius 1 is 1.29 bits per heavy atom. The Hall–Kier alpha value is -0.580. The molecule has 3 nitrogen and oxygen atoms in total. The molecule has 3 N–H and O–H groups in total. The molecule has 2 rings (SSSR count). The van der Waals surface area contributed by atoms with Gasteiger partial charge >= 0.3 is 0 Å². The lowest BCUT2D eigenvalue weighted by Crippen LogP contribution is -2.13. The maximum atomic E-state index is 11.9. The topological polar surface area (TPSA) is 55.1 Å². The number of rotatable bonds is 6. The average Bonchev–Trinajstić information content (AvgIpc) is 2.92. The van der Waals surface area contributed by atoms with Gasteiger partial charge in [0.15, 0.2) is 0 Å². The summed E-state index contributed by atoms with van der Waals surface area (Å²) in [4.78, 5) is 11.9. The Kier molecular flexibility index (Phi) is 6.52. The van der Waals surface area contributed by atoms with E-state index in [0.717, 1.165) is 17.4 Å². The first-order chi connectivity index (χ1) is 10.1. The lowest BCUT2D eigenvalue weighted by Gasteiger charge is -2.11. The number of nitrogens with one attached hydrogen (secondary N) is 1. The van der Waals surface area contributed by atoms with Crippen molar-refractivity contribution in [2.24, 2.45) is 5.92 Å². The minimum absolute atomic E-state index is 0.0671. The van der Waals surface area contributed by atoms with Crippen molar-refractivity contribution in [1.82, 2.24) is 0 Å². The summed E-state index contributed by atoms with van der Waals surface area (Å²) in [6.45, 7) is 0. The van der Waals surface area contributed by atoms with E-state index in [4.69, 9.17) is 28.9 Å². The maximum absolute atomic E-state index is 11.9. The Morgan fingerprint density at radius 2 is 1.90 bits per heavy atom. The van der Waals surface area contributed by atoms with E-state index in [-0.39, 0.29) is 5.91 Å². The fourth-order valence-corrected chi connectivity index (χ4v) is 4.27. The van der Waals surface area contributed by atoms with Crippen LogP contribution in [-0.2, 0) is 4.79 Å². The summed E-state index contributed by atoms with van der Waals surface area (Å²) in [7, 11) is 0. The second kappa shape index (κ2) is 8.16. The van der Waals surface area contributed by atoms with E-state index in [2.05, 4.69) is 5.32 Å². The van der Waals surface area contributed by atoms with Crippen molar-refractivity contribution in [3.63, 3.8) is 0 Å². The van der Waals surface area contributed by atoms with Crippen LogP contribution in [0.25, 0.3) is 0 Å². The number of benzene rings is 1. The van der Waals surface area contributed by atoms with Gasteiger partial charge < -0.3 is 11.1 Å². The summed E-state index contributed by atoms with van der Waals surface area (Å²) in [6.07, 6.45) is 5.87. The molecule has 6 heteroatoms. The van der Waals surface area contributed by atoms with E-state index in [1.165, 1.54) is 25.7 Å². The number of nitrogens with two attached hydrogens (primary N) is 1. The molecule has 1 fully saturated rings. The molecule has 1 aromatic rings. The van der Waals surface area contributed by atoms with Gasteiger partial charge in [-0.2, -0.15) is 11.8 Å². The highest BCUT2D eigenvalue weighted by Crippen LogP contribution is 2.33. The highest BCUT2D eigenvalue weighted by molar-refractivity contribution is 7.99. The van der Waals surface area contributed by atoms with E-state index in [1.54, 1.807) is 12.1 Å². The molecule has 0 unspecified atom stereocenters. The van der Waals surface area contributed by atoms with Crippen LogP contribution in [0.4, 0.5) is 11.4 Å². The molecule has 0 saturated heterocycles. The van der Waals surface area contributed by atoms with E-state index in [1.807, 2.05) is 11.8 Å². The zero-order chi connectivity index (χ0) is 15.2. The zero-order valence-corrected chi connectivity index (χ0v) is 14.2. The number of carbonyl (C=O) groups is 1. The molecule has 0 aromatic heterocycles. The van der Waals surface area contributed by atoms with Gasteiger partial charge in [-0.05, 0) is 36.6 Å². The van der Waals surface area contributed by atoms with Crippen LogP contribution < -0.4 is 11.1 Å². The first-order valence-corrected chi connectivity index (χ1v) is 9.09. The van der Waals surface area contributed by atoms with Crippen molar-refractivity contribution in [1.29, 1.82) is 0 Å². The maximum Gasteiger partial charge on any atom is 0.225 e.